The number of halogens is 2. The molecule has 10 heteroatoms. The average molecular weight is 825 g/mol. The number of ether oxygens (including phenoxy) is 1. The number of nitriles is 2. The van der Waals surface area contributed by atoms with E-state index >= 15 is 0 Å². The summed E-state index contributed by atoms with van der Waals surface area (Å²) in [7, 11) is -5.08. The monoisotopic (exact) mass is 824 g/mol. The van der Waals surface area contributed by atoms with E-state index in [0.29, 0.717) is 58.3 Å². The van der Waals surface area contributed by atoms with Crippen LogP contribution in [0.2, 0.25) is 0 Å². The number of hydrogen-bond donors (Lipinski definition) is 2. The molecule has 0 aromatic heterocycles. The van der Waals surface area contributed by atoms with Gasteiger partial charge in [-0.2, -0.15) is 10.5 Å². The summed E-state index contributed by atoms with van der Waals surface area (Å²) < 4.78 is 72.3. The van der Waals surface area contributed by atoms with Gasteiger partial charge in [-0.3, -0.25) is 4.79 Å². The molecule has 0 saturated heterocycles. The molecule has 4 aliphatic carbocycles. The summed E-state index contributed by atoms with van der Waals surface area (Å²) in [6, 6.07) is 28.4. The van der Waals surface area contributed by atoms with E-state index in [-0.39, 0.29) is 44.4 Å². The van der Waals surface area contributed by atoms with Crippen molar-refractivity contribution in [1.29, 1.82) is 10.5 Å². The first-order valence-corrected chi connectivity index (χ1v) is 23.0. The third-order valence-corrected chi connectivity index (χ3v) is 16.3. The quantitative estimate of drug-likeness (QED) is 0.120. The van der Waals surface area contributed by atoms with Gasteiger partial charge in [0.2, 0.25) is 0 Å². The van der Waals surface area contributed by atoms with E-state index in [1.165, 1.54) is 62.1 Å². The summed E-state index contributed by atoms with van der Waals surface area (Å²) in [5.41, 5.74) is 2.06. The molecule has 4 bridgehead atoms. The Morgan fingerprint density at radius 3 is 1.97 bits per heavy atom. The maximum absolute atomic E-state index is 15.0. The molecule has 2 N–H and O–H groups in total. The van der Waals surface area contributed by atoms with Crippen molar-refractivity contribution >= 4 is 15.4 Å². The highest BCUT2D eigenvalue weighted by molar-refractivity contribution is 8.10. The van der Waals surface area contributed by atoms with Crippen molar-refractivity contribution in [2.75, 3.05) is 5.75 Å². The lowest BCUT2D eigenvalue weighted by atomic mass is 9.84. The maximum Gasteiger partial charge on any atom is 0.193 e. The zero-order chi connectivity index (χ0) is 41.8. The number of rotatable bonds is 12. The van der Waals surface area contributed by atoms with Crippen LogP contribution in [-0.2, 0) is 16.0 Å². The first kappa shape index (κ1) is 39.9. The molecule has 4 aliphatic rings. The minimum atomic E-state index is -5.08. The fourth-order valence-electron chi connectivity index (χ4n) is 11.1. The van der Waals surface area contributed by atoms with E-state index < -0.39 is 27.0 Å². The van der Waals surface area contributed by atoms with Gasteiger partial charge in [0.15, 0.2) is 5.78 Å². The number of nitrogens with zero attached hydrogens (tertiary/aromatic N) is 2. The lowest BCUT2D eigenvalue weighted by Gasteiger charge is -2.36. The van der Waals surface area contributed by atoms with Crippen molar-refractivity contribution in [2.45, 2.75) is 69.1 Å². The van der Waals surface area contributed by atoms with Crippen molar-refractivity contribution < 1.29 is 31.6 Å². The van der Waals surface area contributed by atoms with Gasteiger partial charge in [0, 0.05) is 22.3 Å². The van der Waals surface area contributed by atoms with Gasteiger partial charge in [-0.1, -0.05) is 49.2 Å². The molecule has 6 atom stereocenters. The van der Waals surface area contributed by atoms with Gasteiger partial charge in [-0.15, -0.1) is 0 Å². The Bertz CT molecular complexity index is 2680. The summed E-state index contributed by atoms with van der Waals surface area (Å²) in [5.74, 6) is 1.87. The van der Waals surface area contributed by atoms with Gasteiger partial charge in [0.25, 0.3) is 0 Å². The van der Waals surface area contributed by atoms with Crippen LogP contribution < -0.4 is 4.74 Å². The molecule has 60 heavy (non-hydrogen) atoms. The van der Waals surface area contributed by atoms with Crippen LogP contribution in [0.15, 0.2) is 102 Å². The van der Waals surface area contributed by atoms with Crippen molar-refractivity contribution in [2.24, 2.45) is 35.5 Å². The number of ketones is 1. The zero-order valence-corrected chi connectivity index (χ0v) is 34.0. The van der Waals surface area contributed by atoms with Crippen molar-refractivity contribution in [1.82, 2.24) is 0 Å². The van der Waals surface area contributed by atoms with Crippen molar-refractivity contribution in [3.8, 4) is 45.9 Å². The van der Waals surface area contributed by atoms with Crippen molar-refractivity contribution in [3.05, 3.63) is 137 Å². The highest BCUT2D eigenvalue weighted by Crippen LogP contribution is 2.52. The lowest BCUT2D eigenvalue weighted by molar-refractivity contribution is 0.103. The molecule has 6 unspecified atom stereocenters. The number of aryl methyl sites for hydroxylation is 1. The van der Waals surface area contributed by atoms with Gasteiger partial charge >= 0.3 is 0 Å². The van der Waals surface area contributed by atoms with E-state index in [0.717, 1.165) is 43.6 Å². The van der Waals surface area contributed by atoms with E-state index in [1.54, 1.807) is 60.7 Å². The van der Waals surface area contributed by atoms with Crippen LogP contribution in [-0.4, -0.2) is 24.9 Å². The molecule has 0 radical (unpaired) electrons. The summed E-state index contributed by atoms with van der Waals surface area (Å²) in [6.07, 6.45) is 10.6. The van der Waals surface area contributed by atoms with Gasteiger partial charge < -0.3 is 13.8 Å². The number of carbonyl (C=O) groups excluding carboxylic acids is 1. The standard InChI is InChI=1S/C50H46F2N2O5S/c51-47-5-1-3-41(45(47)27-53)35-13-19-43(42-4-2-6-48(52)46(42)28-54)44(26-35)50(55)37-14-20-49(36(25-37)12-11-33-22-30-7-9-32(33)21-30)59-39-15-17-40(18-16-39)60(56,57,58)29-38-24-31-8-10-34(38)23-31/h1-6,13-20,25-26,30-34,38H,7-12,21-24,29H2,(H2,56,57,58). The molecule has 0 aliphatic heterocycles. The Kier molecular flexibility index (Phi) is 10.3. The fourth-order valence-corrected chi connectivity index (χ4v) is 13.1. The van der Waals surface area contributed by atoms with Crippen LogP contribution in [0.25, 0.3) is 22.3 Å². The molecule has 4 fully saturated rings. The average Bonchev–Trinajstić information content (AvgIpc) is 4.07. The highest BCUT2D eigenvalue weighted by atomic mass is 32.3. The first-order valence-electron chi connectivity index (χ1n) is 21.0. The Hall–Kier alpha value is -5.52. The largest absolute Gasteiger partial charge is 0.457 e. The maximum atomic E-state index is 15.0. The van der Waals surface area contributed by atoms with Gasteiger partial charge in [0.1, 0.15) is 44.9 Å². The SMILES string of the molecule is N#Cc1c(F)cccc1-c1ccc(-c2cccc(F)c2C#N)c(C(=O)c2ccc(Oc3ccc(S(=O)(O)(O)CC4CC5CCC4C5)cc3)c(CCC3CC4CCC3C4)c2)c1. The Morgan fingerprint density at radius 2 is 1.35 bits per heavy atom. The Balaban J connectivity index is 1.06. The number of hydrogen-bond acceptors (Lipinski definition) is 5. The van der Waals surface area contributed by atoms with Gasteiger partial charge in [-0.25, -0.2) is 13.0 Å². The molecular weight excluding hydrogens is 779 g/mol. The normalized spacial score (nSPS) is 23.5. The molecule has 0 amide bonds. The van der Waals surface area contributed by atoms with E-state index in [9.17, 15) is 37.4 Å². The van der Waals surface area contributed by atoms with Crippen LogP contribution in [0.3, 0.4) is 0 Å². The molecule has 9 rings (SSSR count). The second-order valence-electron chi connectivity index (χ2n) is 17.6. The summed E-state index contributed by atoms with van der Waals surface area (Å²) in [5, 5.41) is 19.8. The Labute approximate surface area is 349 Å². The minimum Gasteiger partial charge on any atom is -0.457 e. The van der Waals surface area contributed by atoms with E-state index in [1.807, 2.05) is 12.1 Å². The highest BCUT2D eigenvalue weighted by Gasteiger charge is 2.46. The zero-order valence-electron chi connectivity index (χ0n) is 33.2. The predicted octanol–water partition coefficient (Wildman–Crippen LogP) is 12.0. The molecule has 0 heterocycles. The predicted molar refractivity (Wildman–Crippen MR) is 226 cm³/mol. The topological polar surface area (TPSA) is 131 Å². The summed E-state index contributed by atoms with van der Waals surface area (Å²) in [4.78, 5) is 14.8. The molecule has 4 saturated carbocycles. The number of benzene rings is 5. The van der Waals surface area contributed by atoms with Crippen LogP contribution in [0.5, 0.6) is 11.5 Å². The number of carbonyl (C=O) groups is 1. The first-order chi connectivity index (χ1) is 28.9. The molecule has 5 aromatic carbocycles. The fraction of sp³-hybridized carbons (Fsp3) is 0.340. The molecule has 5 aromatic rings. The van der Waals surface area contributed by atoms with Crippen LogP contribution >= 0.6 is 0 Å². The van der Waals surface area contributed by atoms with Gasteiger partial charge in [-0.05, 0) is 164 Å². The molecule has 306 valence electrons. The third-order valence-electron chi connectivity index (χ3n) is 14.0. The Morgan fingerprint density at radius 1 is 0.717 bits per heavy atom. The van der Waals surface area contributed by atoms with Gasteiger partial charge in [0.05, 0.1) is 21.8 Å². The van der Waals surface area contributed by atoms with Crippen LogP contribution in [0.1, 0.15) is 90.4 Å². The smallest absolute Gasteiger partial charge is 0.193 e. The van der Waals surface area contributed by atoms with Crippen molar-refractivity contribution in [3.63, 3.8) is 0 Å². The summed E-state index contributed by atoms with van der Waals surface area (Å²) in [6.45, 7) is 0. The third kappa shape index (κ3) is 7.58. The molecule has 7 nitrogen and oxygen atoms in total. The number of fused-ring (bicyclic) bond motifs is 4. The van der Waals surface area contributed by atoms with Crippen LogP contribution in [0.4, 0.5) is 8.78 Å². The molecule has 0 spiro atoms. The second kappa shape index (κ2) is 15.5. The minimum absolute atomic E-state index is 0.0187. The molecular formula is C50H46F2N2O5S. The van der Waals surface area contributed by atoms with Crippen LogP contribution in [0, 0.1) is 69.8 Å². The second-order valence-corrected chi connectivity index (χ2v) is 20.5. The van der Waals surface area contributed by atoms with E-state index in [2.05, 4.69) is 0 Å². The van der Waals surface area contributed by atoms with E-state index in [4.69, 9.17) is 4.74 Å². The lowest BCUT2D eigenvalue weighted by Crippen LogP contribution is -2.40. The summed E-state index contributed by atoms with van der Waals surface area (Å²) >= 11 is 0.